The van der Waals surface area contributed by atoms with Crippen LogP contribution in [0.1, 0.15) is 0 Å². The molecule has 0 aromatic carbocycles. The van der Waals surface area contributed by atoms with E-state index in [1.807, 2.05) is 6.07 Å². The summed E-state index contributed by atoms with van der Waals surface area (Å²) in [5.74, 6) is 0. The van der Waals surface area contributed by atoms with Crippen molar-refractivity contribution in [2.75, 3.05) is 13.4 Å². The Balaban J connectivity index is 0.000000336. The summed E-state index contributed by atoms with van der Waals surface area (Å²) in [4.78, 5) is 10.8. The van der Waals surface area contributed by atoms with Crippen LogP contribution in [0.2, 0.25) is 0 Å². The number of hydrogen-bond donors (Lipinski definition) is 0. The highest BCUT2D eigenvalue weighted by Crippen LogP contribution is 1.77. The zero-order chi connectivity index (χ0) is 11.9. The van der Waals surface area contributed by atoms with Crippen molar-refractivity contribution < 1.29 is 27.1 Å². The van der Waals surface area contributed by atoms with E-state index >= 15 is 0 Å². The number of pyridine rings is 1. The molecule has 0 saturated heterocycles. The van der Waals surface area contributed by atoms with E-state index in [-0.39, 0.29) is 6.09 Å². The number of methoxy groups -OCH3 is 1. The van der Waals surface area contributed by atoms with Crippen LogP contribution in [-0.2, 0) is 14.9 Å². The fraction of sp³-hybridized carbons (Fsp3) is 0.250. The standard InChI is InChI=1S/C7H8NO2.CH4O3S/c1-10-7(9)8-5-3-2-4-6-8;1-5(2,3)4/h2-6H,1H3;1H3,(H,2,3,4)/q+1;/p-1. The van der Waals surface area contributed by atoms with E-state index < -0.39 is 10.1 Å². The average molecular weight is 233 g/mol. The van der Waals surface area contributed by atoms with Crippen LogP contribution in [0.15, 0.2) is 30.6 Å². The van der Waals surface area contributed by atoms with E-state index in [1.165, 1.54) is 11.7 Å². The molecule has 0 saturated carbocycles. The molecule has 0 radical (unpaired) electrons. The summed E-state index contributed by atoms with van der Waals surface area (Å²) in [6, 6.07) is 5.35. The topological polar surface area (TPSA) is 87.4 Å². The number of carbonyl (C=O) groups is 1. The van der Waals surface area contributed by atoms with Gasteiger partial charge in [-0.05, 0) is 0 Å². The lowest BCUT2D eigenvalue weighted by molar-refractivity contribution is -0.585. The number of carbonyl (C=O) groups excluding carboxylic acids is 1. The minimum absolute atomic E-state index is 0.374. The Labute approximate surface area is 87.9 Å². The lowest BCUT2D eigenvalue weighted by Gasteiger charge is -1.90. The van der Waals surface area contributed by atoms with Gasteiger partial charge in [0.2, 0.25) is 0 Å². The van der Waals surface area contributed by atoms with E-state index in [0.717, 1.165) is 0 Å². The van der Waals surface area contributed by atoms with Gasteiger partial charge in [-0.15, -0.1) is 0 Å². The third-order valence-corrected chi connectivity index (χ3v) is 1.10. The smallest absolute Gasteiger partial charge is 0.601 e. The summed E-state index contributed by atoms with van der Waals surface area (Å²) in [6.07, 6.45) is 3.49. The van der Waals surface area contributed by atoms with E-state index in [9.17, 15) is 4.79 Å². The molecule has 6 nitrogen and oxygen atoms in total. The maximum absolute atomic E-state index is 10.8. The van der Waals surface area contributed by atoms with E-state index in [2.05, 4.69) is 4.74 Å². The summed E-state index contributed by atoms with van der Waals surface area (Å²) in [5.41, 5.74) is 0. The zero-order valence-electron chi connectivity index (χ0n) is 8.28. The first-order valence-electron chi connectivity index (χ1n) is 3.80. The normalized spacial score (nSPS) is 9.80. The molecule has 84 valence electrons. The van der Waals surface area contributed by atoms with E-state index in [4.69, 9.17) is 13.0 Å². The molecule has 0 bridgehead atoms. The predicted octanol–water partition coefficient (Wildman–Crippen LogP) is -0.250. The first kappa shape index (κ1) is 13.5. The molecule has 0 aliphatic rings. The summed E-state index contributed by atoms with van der Waals surface area (Å²) in [7, 11) is -2.57. The van der Waals surface area contributed by atoms with Gasteiger partial charge in [-0.3, -0.25) is 0 Å². The van der Waals surface area contributed by atoms with Crippen LogP contribution >= 0.6 is 0 Å². The Bertz CT molecular complexity index is 392. The summed E-state index contributed by atoms with van der Waals surface area (Å²) >= 11 is 0. The Morgan fingerprint density at radius 3 is 2.00 bits per heavy atom. The molecule has 0 aliphatic carbocycles. The summed E-state index contributed by atoms with van der Waals surface area (Å²) < 4.78 is 33.1. The first-order chi connectivity index (χ1) is 6.84. The number of rotatable bonds is 0. The maximum atomic E-state index is 10.8. The minimum atomic E-state index is -3.92. The van der Waals surface area contributed by atoms with Crippen molar-refractivity contribution in [3.8, 4) is 0 Å². The zero-order valence-corrected chi connectivity index (χ0v) is 9.10. The Hall–Kier alpha value is -1.47. The van der Waals surface area contributed by atoms with Gasteiger partial charge in [0.15, 0.2) is 12.4 Å². The molecule has 0 amide bonds. The monoisotopic (exact) mass is 233 g/mol. The van der Waals surface area contributed by atoms with Crippen LogP contribution in [0, 0.1) is 0 Å². The third kappa shape index (κ3) is 8.85. The van der Waals surface area contributed by atoms with E-state index in [0.29, 0.717) is 6.26 Å². The van der Waals surface area contributed by atoms with Gasteiger partial charge in [0.1, 0.15) is 0 Å². The van der Waals surface area contributed by atoms with Gasteiger partial charge in [-0.2, -0.15) is 4.79 Å². The van der Waals surface area contributed by atoms with Gasteiger partial charge < -0.3 is 9.29 Å². The lowest BCUT2D eigenvalue weighted by Crippen LogP contribution is -2.41. The molecule has 0 atom stereocenters. The molecule has 15 heavy (non-hydrogen) atoms. The molecule has 1 rings (SSSR count). The molecule has 0 spiro atoms. The number of ether oxygens (including phenoxy) is 1. The SMILES string of the molecule is COC(=O)[n+]1ccccc1.CS(=O)(=O)[O-]. The Morgan fingerprint density at radius 1 is 1.27 bits per heavy atom. The number of aromatic nitrogens is 1. The highest BCUT2D eigenvalue weighted by atomic mass is 32.2. The Morgan fingerprint density at radius 2 is 1.67 bits per heavy atom. The van der Waals surface area contributed by atoms with Crippen LogP contribution in [0.3, 0.4) is 0 Å². The van der Waals surface area contributed by atoms with Crippen LogP contribution in [0.5, 0.6) is 0 Å². The minimum Gasteiger partial charge on any atom is -0.748 e. The summed E-state index contributed by atoms with van der Waals surface area (Å²) in [6.45, 7) is 0. The fourth-order valence-electron chi connectivity index (χ4n) is 0.626. The van der Waals surface area contributed by atoms with Gasteiger partial charge in [0.25, 0.3) is 0 Å². The predicted molar refractivity (Wildman–Crippen MR) is 50.1 cm³/mol. The van der Waals surface area contributed by atoms with Crippen molar-refractivity contribution in [1.82, 2.24) is 0 Å². The molecular formula is C8H11NO5S. The van der Waals surface area contributed by atoms with Gasteiger partial charge in [-0.25, -0.2) is 8.42 Å². The second-order valence-corrected chi connectivity index (χ2v) is 3.87. The van der Waals surface area contributed by atoms with Crippen LogP contribution < -0.4 is 4.57 Å². The fourth-order valence-corrected chi connectivity index (χ4v) is 0.626. The second kappa shape index (κ2) is 6.10. The summed E-state index contributed by atoms with van der Waals surface area (Å²) in [5, 5.41) is 0. The second-order valence-electron chi connectivity index (χ2n) is 2.46. The van der Waals surface area contributed by atoms with Crippen LogP contribution in [0.25, 0.3) is 0 Å². The first-order valence-corrected chi connectivity index (χ1v) is 5.61. The van der Waals surface area contributed by atoms with Crippen molar-refractivity contribution in [3.63, 3.8) is 0 Å². The van der Waals surface area contributed by atoms with Crippen molar-refractivity contribution in [2.24, 2.45) is 0 Å². The van der Waals surface area contributed by atoms with Gasteiger partial charge in [-0.1, -0.05) is 10.6 Å². The van der Waals surface area contributed by atoms with Crippen molar-refractivity contribution in [3.05, 3.63) is 30.6 Å². The molecule has 0 N–H and O–H groups in total. The maximum Gasteiger partial charge on any atom is 0.601 e. The van der Waals surface area contributed by atoms with Crippen molar-refractivity contribution in [1.29, 1.82) is 0 Å². The lowest BCUT2D eigenvalue weighted by atomic mass is 10.5. The average Bonchev–Trinajstić information content (AvgIpc) is 2.15. The number of nitrogens with zero attached hydrogens (tertiary/aromatic N) is 1. The highest BCUT2D eigenvalue weighted by Gasteiger charge is 2.10. The van der Waals surface area contributed by atoms with E-state index in [1.54, 1.807) is 24.5 Å². The quantitative estimate of drug-likeness (QED) is 0.455. The van der Waals surface area contributed by atoms with Crippen molar-refractivity contribution in [2.45, 2.75) is 0 Å². The largest absolute Gasteiger partial charge is 0.748 e. The van der Waals surface area contributed by atoms with Gasteiger partial charge in [0.05, 0.1) is 17.2 Å². The molecule has 0 unspecified atom stereocenters. The van der Waals surface area contributed by atoms with Gasteiger partial charge >= 0.3 is 6.09 Å². The molecule has 1 aromatic heterocycles. The molecule has 7 heteroatoms. The molecular weight excluding hydrogens is 222 g/mol. The van der Waals surface area contributed by atoms with Crippen molar-refractivity contribution >= 4 is 16.2 Å². The van der Waals surface area contributed by atoms with Crippen LogP contribution in [-0.4, -0.2) is 32.4 Å². The molecule has 0 aliphatic heterocycles. The highest BCUT2D eigenvalue weighted by molar-refractivity contribution is 7.84. The Kier molecular flexibility index (Phi) is 5.50. The molecule has 1 heterocycles. The van der Waals surface area contributed by atoms with Gasteiger partial charge in [0, 0.05) is 18.4 Å². The van der Waals surface area contributed by atoms with Crippen LogP contribution in [0.4, 0.5) is 4.79 Å². The number of hydrogen-bond acceptors (Lipinski definition) is 5. The third-order valence-electron chi connectivity index (χ3n) is 1.10. The molecule has 1 aromatic rings. The molecule has 0 fully saturated rings.